The molecule has 0 radical (unpaired) electrons. The largest absolute Gasteiger partial charge is 0.485 e. The number of carbonyl (C=O) groups is 1. The zero-order chi connectivity index (χ0) is 18.0. The first-order chi connectivity index (χ1) is 11.1. The number of halogens is 6. The van der Waals surface area contributed by atoms with Gasteiger partial charge in [0.05, 0.1) is 11.1 Å². The Morgan fingerprint density at radius 1 is 0.833 bits per heavy atom. The Balaban J connectivity index is 2.29. The van der Waals surface area contributed by atoms with Crippen LogP contribution in [0.5, 0.6) is 5.75 Å². The molecule has 128 valence electrons. The van der Waals surface area contributed by atoms with E-state index in [-0.39, 0.29) is 11.8 Å². The molecule has 0 saturated heterocycles. The van der Waals surface area contributed by atoms with Crippen molar-refractivity contribution in [3.63, 3.8) is 0 Å². The highest BCUT2D eigenvalue weighted by atomic mass is 19.4. The molecule has 0 unspecified atom stereocenters. The number of hydrogen-bond donors (Lipinski definition) is 0. The van der Waals surface area contributed by atoms with Crippen molar-refractivity contribution in [2.75, 3.05) is 6.61 Å². The summed E-state index contributed by atoms with van der Waals surface area (Å²) in [6, 6.07) is 8.61. The van der Waals surface area contributed by atoms with Crippen molar-refractivity contribution in [1.82, 2.24) is 0 Å². The number of ketones is 1. The normalized spacial score (nSPS) is 12.1. The van der Waals surface area contributed by atoms with E-state index in [1.807, 2.05) is 0 Å². The van der Waals surface area contributed by atoms with Gasteiger partial charge in [-0.15, -0.1) is 0 Å². The van der Waals surface area contributed by atoms with Gasteiger partial charge in [-0.05, 0) is 30.3 Å². The molecular formula is C16H10F6O2. The molecule has 0 aliphatic carbocycles. The van der Waals surface area contributed by atoms with Crippen LogP contribution >= 0.6 is 0 Å². The Kier molecular flexibility index (Phi) is 4.86. The number of ether oxygens (including phenoxy) is 1. The first-order valence-electron chi connectivity index (χ1n) is 6.58. The van der Waals surface area contributed by atoms with Crippen molar-refractivity contribution in [2.24, 2.45) is 0 Å². The molecule has 0 N–H and O–H groups in total. The number of alkyl halides is 6. The predicted molar refractivity (Wildman–Crippen MR) is 72.7 cm³/mol. The van der Waals surface area contributed by atoms with Crippen LogP contribution in [0.2, 0.25) is 0 Å². The molecule has 0 saturated carbocycles. The monoisotopic (exact) mass is 348 g/mol. The maximum atomic E-state index is 12.7. The van der Waals surface area contributed by atoms with E-state index in [1.165, 1.54) is 12.1 Å². The SMILES string of the molecule is O=C(COc1ccccc1)c1cc(C(F)(F)F)cc(C(F)(F)F)c1. The lowest BCUT2D eigenvalue weighted by molar-refractivity contribution is -0.143. The molecular weight excluding hydrogens is 338 g/mol. The average Bonchev–Trinajstić information content (AvgIpc) is 2.51. The number of para-hydroxylation sites is 1. The summed E-state index contributed by atoms with van der Waals surface area (Å²) in [5.41, 5.74) is -3.80. The first-order valence-corrected chi connectivity index (χ1v) is 6.58. The lowest BCUT2D eigenvalue weighted by Crippen LogP contribution is -2.16. The molecule has 0 bridgehead atoms. The van der Waals surface area contributed by atoms with Crippen LogP contribution in [-0.4, -0.2) is 12.4 Å². The minimum absolute atomic E-state index is 0.0329. The van der Waals surface area contributed by atoms with Crippen molar-refractivity contribution in [3.8, 4) is 5.75 Å². The van der Waals surface area contributed by atoms with Gasteiger partial charge in [0.15, 0.2) is 12.4 Å². The summed E-state index contributed by atoms with van der Waals surface area (Å²) in [6.07, 6.45) is -10.0. The molecule has 0 spiro atoms. The second-order valence-corrected chi connectivity index (χ2v) is 4.82. The van der Waals surface area contributed by atoms with E-state index in [0.717, 1.165) is 0 Å². The van der Waals surface area contributed by atoms with Crippen LogP contribution in [0.25, 0.3) is 0 Å². The van der Waals surface area contributed by atoms with Gasteiger partial charge in [-0.1, -0.05) is 18.2 Å². The van der Waals surface area contributed by atoms with Crippen LogP contribution in [0.1, 0.15) is 21.5 Å². The zero-order valence-corrected chi connectivity index (χ0v) is 11.9. The van der Waals surface area contributed by atoms with Gasteiger partial charge in [-0.25, -0.2) is 0 Å². The van der Waals surface area contributed by atoms with Crippen LogP contribution in [0, 0.1) is 0 Å². The Labute approximate surface area is 132 Å². The van der Waals surface area contributed by atoms with Gasteiger partial charge in [0.1, 0.15) is 5.75 Å². The van der Waals surface area contributed by atoms with E-state index < -0.39 is 41.4 Å². The molecule has 0 aliphatic rings. The van der Waals surface area contributed by atoms with Crippen molar-refractivity contribution in [3.05, 3.63) is 65.2 Å². The maximum absolute atomic E-state index is 12.7. The standard InChI is InChI=1S/C16H10F6O2/c17-15(18,19)11-6-10(7-12(8-11)16(20,21)22)14(23)9-24-13-4-2-1-3-5-13/h1-8H,9H2. The number of benzene rings is 2. The van der Waals surface area contributed by atoms with Gasteiger partial charge in [0.25, 0.3) is 0 Å². The summed E-state index contributed by atoms with van der Waals surface area (Å²) in [7, 11) is 0. The molecule has 2 aromatic carbocycles. The van der Waals surface area contributed by atoms with Gasteiger partial charge in [0.2, 0.25) is 0 Å². The van der Waals surface area contributed by atoms with Crippen molar-refractivity contribution < 1.29 is 35.9 Å². The van der Waals surface area contributed by atoms with Gasteiger partial charge in [0, 0.05) is 5.56 Å². The van der Waals surface area contributed by atoms with Crippen LogP contribution in [0.3, 0.4) is 0 Å². The Morgan fingerprint density at radius 2 is 1.33 bits per heavy atom. The van der Waals surface area contributed by atoms with Crippen LogP contribution < -0.4 is 4.74 Å². The summed E-state index contributed by atoms with van der Waals surface area (Å²) in [5, 5.41) is 0. The summed E-state index contributed by atoms with van der Waals surface area (Å²) >= 11 is 0. The fourth-order valence-corrected chi connectivity index (χ4v) is 1.86. The molecule has 0 atom stereocenters. The quantitative estimate of drug-likeness (QED) is 0.575. The lowest BCUT2D eigenvalue weighted by Gasteiger charge is -2.14. The highest BCUT2D eigenvalue weighted by Crippen LogP contribution is 2.36. The first kappa shape index (κ1) is 17.8. The molecule has 0 heterocycles. The number of Topliss-reactive ketones (excluding diaryl/α,β-unsaturated/α-hetero) is 1. The molecule has 0 fully saturated rings. The average molecular weight is 348 g/mol. The van der Waals surface area contributed by atoms with E-state index in [2.05, 4.69) is 0 Å². The summed E-state index contributed by atoms with van der Waals surface area (Å²) in [4.78, 5) is 11.9. The Bertz CT molecular complexity index is 687. The number of hydrogen-bond acceptors (Lipinski definition) is 2. The van der Waals surface area contributed by atoms with E-state index in [9.17, 15) is 31.1 Å². The van der Waals surface area contributed by atoms with E-state index in [4.69, 9.17) is 4.74 Å². The van der Waals surface area contributed by atoms with Gasteiger partial charge in [-0.3, -0.25) is 4.79 Å². The zero-order valence-electron chi connectivity index (χ0n) is 11.9. The number of rotatable bonds is 4. The highest BCUT2D eigenvalue weighted by Gasteiger charge is 2.37. The highest BCUT2D eigenvalue weighted by molar-refractivity contribution is 5.97. The Morgan fingerprint density at radius 3 is 1.79 bits per heavy atom. The van der Waals surface area contributed by atoms with E-state index in [0.29, 0.717) is 12.1 Å². The lowest BCUT2D eigenvalue weighted by atomic mass is 10.0. The van der Waals surface area contributed by atoms with E-state index >= 15 is 0 Å². The van der Waals surface area contributed by atoms with Crippen molar-refractivity contribution >= 4 is 5.78 Å². The molecule has 0 amide bonds. The van der Waals surface area contributed by atoms with Gasteiger partial charge >= 0.3 is 12.4 Å². The molecule has 2 nitrogen and oxygen atoms in total. The second kappa shape index (κ2) is 6.54. The number of carbonyl (C=O) groups excluding carboxylic acids is 1. The summed E-state index contributed by atoms with van der Waals surface area (Å²) < 4.78 is 81.5. The van der Waals surface area contributed by atoms with Gasteiger partial charge in [-0.2, -0.15) is 26.3 Å². The Hall–Kier alpha value is -2.51. The topological polar surface area (TPSA) is 26.3 Å². The van der Waals surface area contributed by atoms with Crippen LogP contribution in [0.15, 0.2) is 48.5 Å². The molecule has 8 heteroatoms. The third-order valence-corrected chi connectivity index (χ3v) is 3.02. The second-order valence-electron chi connectivity index (χ2n) is 4.82. The molecule has 2 rings (SSSR count). The minimum Gasteiger partial charge on any atom is -0.485 e. The minimum atomic E-state index is -5.00. The third-order valence-electron chi connectivity index (χ3n) is 3.02. The third kappa shape index (κ3) is 4.50. The van der Waals surface area contributed by atoms with E-state index in [1.54, 1.807) is 18.2 Å². The van der Waals surface area contributed by atoms with Crippen molar-refractivity contribution in [2.45, 2.75) is 12.4 Å². The fraction of sp³-hybridized carbons (Fsp3) is 0.188. The van der Waals surface area contributed by atoms with Crippen molar-refractivity contribution in [1.29, 1.82) is 0 Å². The summed E-state index contributed by atoms with van der Waals surface area (Å²) in [5.74, 6) is -0.718. The molecule has 24 heavy (non-hydrogen) atoms. The van der Waals surface area contributed by atoms with Crippen LogP contribution in [-0.2, 0) is 12.4 Å². The summed E-state index contributed by atoms with van der Waals surface area (Å²) in [6.45, 7) is -0.678. The smallest absolute Gasteiger partial charge is 0.416 e. The maximum Gasteiger partial charge on any atom is 0.416 e. The predicted octanol–water partition coefficient (Wildman–Crippen LogP) is 4.99. The fourth-order valence-electron chi connectivity index (χ4n) is 1.86. The molecule has 0 aliphatic heterocycles. The molecule has 0 aromatic heterocycles. The van der Waals surface area contributed by atoms with Crippen LogP contribution in [0.4, 0.5) is 26.3 Å². The van der Waals surface area contributed by atoms with Gasteiger partial charge < -0.3 is 4.74 Å². The molecule has 2 aromatic rings.